The van der Waals surface area contributed by atoms with Gasteiger partial charge in [-0.15, -0.1) is 0 Å². The minimum absolute atomic E-state index is 0.0170. The van der Waals surface area contributed by atoms with Gasteiger partial charge in [-0.2, -0.15) is 5.10 Å². The van der Waals surface area contributed by atoms with Crippen LogP contribution < -0.4 is 10.5 Å². The average molecular weight is 261 g/mol. The topological polar surface area (TPSA) is 73.3 Å². The van der Waals surface area contributed by atoms with Gasteiger partial charge < -0.3 is 15.6 Å². The van der Waals surface area contributed by atoms with Crippen molar-refractivity contribution in [2.24, 2.45) is 0 Å². The van der Waals surface area contributed by atoms with Gasteiger partial charge in [0, 0.05) is 6.07 Å². The zero-order chi connectivity index (χ0) is 13.8. The molecule has 5 heteroatoms. The number of nitrogens with zero attached hydrogens (tertiary/aromatic N) is 2. The molecule has 0 saturated carbocycles. The fraction of sp³-hybridized carbons (Fsp3) is 0.357. The number of aromatic nitrogens is 2. The van der Waals surface area contributed by atoms with Crippen LogP contribution >= 0.6 is 0 Å². The van der Waals surface area contributed by atoms with E-state index in [1.807, 2.05) is 19.1 Å². The third-order valence-corrected chi connectivity index (χ3v) is 3.10. The second-order valence-corrected chi connectivity index (χ2v) is 4.49. The van der Waals surface area contributed by atoms with Gasteiger partial charge in [0.2, 0.25) is 0 Å². The molecule has 0 amide bonds. The van der Waals surface area contributed by atoms with E-state index in [-0.39, 0.29) is 6.61 Å². The van der Waals surface area contributed by atoms with Gasteiger partial charge in [0.1, 0.15) is 23.9 Å². The van der Waals surface area contributed by atoms with E-state index in [1.165, 1.54) is 5.56 Å². The van der Waals surface area contributed by atoms with Crippen molar-refractivity contribution in [1.29, 1.82) is 0 Å². The van der Waals surface area contributed by atoms with Crippen LogP contribution in [0.25, 0.3) is 0 Å². The van der Waals surface area contributed by atoms with Gasteiger partial charge in [0.15, 0.2) is 0 Å². The summed E-state index contributed by atoms with van der Waals surface area (Å²) in [5.41, 5.74) is 8.87. The molecular weight excluding hydrogens is 242 g/mol. The van der Waals surface area contributed by atoms with Crippen LogP contribution in [0.5, 0.6) is 5.75 Å². The highest BCUT2D eigenvalue weighted by Crippen LogP contribution is 2.21. The molecule has 2 aromatic rings. The highest BCUT2D eigenvalue weighted by molar-refractivity contribution is 5.38. The maximum atomic E-state index is 8.88. The van der Waals surface area contributed by atoms with Crippen LogP contribution in [0.15, 0.2) is 24.3 Å². The van der Waals surface area contributed by atoms with E-state index in [0.717, 1.165) is 17.0 Å². The molecule has 102 valence electrons. The summed E-state index contributed by atoms with van der Waals surface area (Å²) in [7, 11) is 0. The van der Waals surface area contributed by atoms with Gasteiger partial charge in [0.05, 0.1) is 13.2 Å². The molecule has 0 fully saturated rings. The lowest BCUT2D eigenvalue weighted by molar-refractivity contribution is 0.266. The summed E-state index contributed by atoms with van der Waals surface area (Å²) < 4.78 is 7.33. The molecule has 0 aliphatic carbocycles. The molecule has 0 radical (unpaired) electrons. The minimum atomic E-state index is 0.0170. The quantitative estimate of drug-likeness (QED) is 0.858. The van der Waals surface area contributed by atoms with Crippen LogP contribution in [0.3, 0.4) is 0 Å². The van der Waals surface area contributed by atoms with E-state index in [2.05, 4.69) is 18.1 Å². The summed E-state index contributed by atoms with van der Waals surface area (Å²) in [6, 6.07) is 7.73. The molecular formula is C14H19N3O2. The molecule has 3 N–H and O–H groups in total. The summed E-state index contributed by atoms with van der Waals surface area (Å²) in [5, 5.41) is 13.2. The standard InChI is InChI=1S/C14H19N3O2/c1-10-4-3-5-13(11(10)2)19-9-12-8-14(15)17(16-12)6-7-18/h3-5,8,18H,6-7,9,15H2,1-2H3. The molecule has 1 aromatic heterocycles. The lowest BCUT2D eigenvalue weighted by Gasteiger charge is -2.09. The van der Waals surface area contributed by atoms with Crippen LogP contribution in [-0.4, -0.2) is 21.5 Å². The molecule has 0 saturated heterocycles. The van der Waals surface area contributed by atoms with Crippen molar-refractivity contribution in [3.63, 3.8) is 0 Å². The number of rotatable bonds is 5. The number of ether oxygens (including phenoxy) is 1. The third-order valence-electron chi connectivity index (χ3n) is 3.10. The lowest BCUT2D eigenvalue weighted by atomic mass is 10.1. The van der Waals surface area contributed by atoms with E-state index < -0.39 is 0 Å². The first-order valence-corrected chi connectivity index (χ1v) is 6.24. The Morgan fingerprint density at radius 3 is 2.89 bits per heavy atom. The van der Waals surface area contributed by atoms with Gasteiger partial charge in [-0.1, -0.05) is 12.1 Å². The Bertz CT molecular complexity index is 564. The van der Waals surface area contributed by atoms with Crippen LogP contribution in [0.2, 0.25) is 0 Å². The highest BCUT2D eigenvalue weighted by Gasteiger charge is 2.07. The normalized spacial score (nSPS) is 10.7. The number of hydrogen-bond donors (Lipinski definition) is 2. The molecule has 0 spiro atoms. The number of anilines is 1. The Hall–Kier alpha value is -2.01. The Kier molecular flexibility index (Phi) is 4.06. The van der Waals surface area contributed by atoms with E-state index in [1.54, 1.807) is 10.7 Å². The molecule has 0 aliphatic rings. The van der Waals surface area contributed by atoms with E-state index in [4.69, 9.17) is 15.6 Å². The zero-order valence-corrected chi connectivity index (χ0v) is 11.3. The lowest BCUT2D eigenvalue weighted by Crippen LogP contribution is -2.08. The monoisotopic (exact) mass is 261 g/mol. The smallest absolute Gasteiger partial charge is 0.132 e. The maximum Gasteiger partial charge on any atom is 0.132 e. The van der Waals surface area contributed by atoms with Gasteiger partial charge in [-0.05, 0) is 31.0 Å². The second kappa shape index (κ2) is 5.75. The van der Waals surface area contributed by atoms with Crippen molar-refractivity contribution in [1.82, 2.24) is 9.78 Å². The molecule has 1 heterocycles. The third kappa shape index (κ3) is 3.06. The Labute approximate surface area is 112 Å². The summed E-state index contributed by atoms with van der Waals surface area (Å²) in [4.78, 5) is 0. The molecule has 5 nitrogen and oxygen atoms in total. The van der Waals surface area contributed by atoms with E-state index in [9.17, 15) is 0 Å². The number of nitrogens with two attached hydrogens (primary N) is 1. The zero-order valence-electron chi connectivity index (χ0n) is 11.3. The minimum Gasteiger partial charge on any atom is -0.487 e. The Morgan fingerprint density at radius 1 is 1.37 bits per heavy atom. The van der Waals surface area contributed by atoms with E-state index in [0.29, 0.717) is 19.0 Å². The van der Waals surface area contributed by atoms with E-state index >= 15 is 0 Å². The van der Waals surface area contributed by atoms with Crippen molar-refractivity contribution in [3.05, 3.63) is 41.1 Å². The predicted octanol–water partition coefficient (Wildman–Crippen LogP) is 1.65. The number of nitrogen functional groups attached to an aromatic ring is 1. The van der Waals surface area contributed by atoms with Crippen LogP contribution in [0.4, 0.5) is 5.82 Å². The van der Waals surface area contributed by atoms with Crippen molar-refractivity contribution in [3.8, 4) is 5.75 Å². The molecule has 1 aromatic carbocycles. The SMILES string of the molecule is Cc1cccc(OCc2cc(N)n(CCO)n2)c1C. The first-order chi connectivity index (χ1) is 9.11. The number of aryl methyl sites for hydroxylation is 1. The summed E-state index contributed by atoms with van der Waals surface area (Å²) >= 11 is 0. The maximum absolute atomic E-state index is 8.88. The molecule has 19 heavy (non-hydrogen) atoms. The van der Waals surface area contributed by atoms with Crippen LogP contribution in [0.1, 0.15) is 16.8 Å². The van der Waals surface area contributed by atoms with Crippen molar-refractivity contribution >= 4 is 5.82 Å². The molecule has 0 bridgehead atoms. The fourth-order valence-electron chi connectivity index (χ4n) is 1.86. The Balaban J connectivity index is 2.06. The first-order valence-electron chi connectivity index (χ1n) is 6.24. The predicted molar refractivity (Wildman–Crippen MR) is 74.0 cm³/mol. The number of aliphatic hydroxyl groups excluding tert-OH is 1. The van der Waals surface area contributed by atoms with Crippen LogP contribution in [-0.2, 0) is 13.2 Å². The van der Waals surface area contributed by atoms with Crippen molar-refractivity contribution < 1.29 is 9.84 Å². The fourth-order valence-corrected chi connectivity index (χ4v) is 1.86. The molecule has 0 aliphatic heterocycles. The van der Waals surface area contributed by atoms with Crippen LogP contribution in [0, 0.1) is 13.8 Å². The largest absolute Gasteiger partial charge is 0.487 e. The summed E-state index contributed by atoms with van der Waals surface area (Å²) in [5.74, 6) is 1.39. The summed E-state index contributed by atoms with van der Waals surface area (Å²) in [6.07, 6.45) is 0. The molecule has 0 unspecified atom stereocenters. The summed E-state index contributed by atoms with van der Waals surface area (Å²) in [6.45, 7) is 4.87. The number of hydrogen-bond acceptors (Lipinski definition) is 4. The Morgan fingerprint density at radius 2 is 2.16 bits per heavy atom. The first kappa shape index (κ1) is 13.4. The average Bonchev–Trinajstić information content (AvgIpc) is 2.73. The number of aliphatic hydroxyl groups is 1. The number of benzene rings is 1. The van der Waals surface area contributed by atoms with Crippen molar-refractivity contribution in [2.75, 3.05) is 12.3 Å². The van der Waals surface area contributed by atoms with Gasteiger partial charge in [0.25, 0.3) is 0 Å². The van der Waals surface area contributed by atoms with Crippen molar-refractivity contribution in [2.45, 2.75) is 27.0 Å². The molecule has 0 atom stereocenters. The van der Waals surface area contributed by atoms with Gasteiger partial charge in [-0.25, -0.2) is 4.68 Å². The molecule has 2 rings (SSSR count). The highest BCUT2D eigenvalue weighted by atomic mass is 16.5. The van der Waals surface area contributed by atoms with Gasteiger partial charge in [-0.3, -0.25) is 0 Å². The van der Waals surface area contributed by atoms with Gasteiger partial charge >= 0.3 is 0 Å². The second-order valence-electron chi connectivity index (χ2n) is 4.49.